The summed E-state index contributed by atoms with van der Waals surface area (Å²) in [4.78, 5) is 36.5. The molecule has 9 rings (SSSR count). The zero-order valence-electron chi connectivity index (χ0n) is 24.2. The second-order valence-electron chi connectivity index (χ2n) is 10.9. The normalized spacial score (nSPS) is 12.4. The Morgan fingerprint density at radius 2 is 0.816 bits per heavy atom. The van der Waals surface area contributed by atoms with Crippen LogP contribution >= 0.6 is 0 Å². The fraction of sp³-hybridized carbons (Fsp3) is 0. The number of benzene rings is 4. The van der Waals surface area contributed by atoms with Gasteiger partial charge in [-0.3, -0.25) is 0 Å². The first-order chi connectivity index (χ1) is 23.0. The molecule has 8 bridgehead atoms. The molecule has 5 heterocycles. The van der Waals surface area contributed by atoms with Crippen molar-refractivity contribution in [2.75, 3.05) is 0 Å². The van der Waals surface area contributed by atoms with Crippen LogP contribution in [0.3, 0.4) is 0 Å². The van der Waals surface area contributed by atoms with Crippen LogP contribution in [0.2, 0.25) is 0 Å². The summed E-state index contributed by atoms with van der Waals surface area (Å²) < 4.78 is 71.9. The predicted octanol–water partition coefficient (Wildman–Crippen LogP) is 3.93. The number of hydrogen-bond acceptors (Lipinski definition) is 12. The number of fused-ring (bicyclic) bond motifs is 20. The zero-order valence-corrected chi connectivity index (χ0v) is 26.8. The van der Waals surface area contributed by atoms with Crippen molar-refractivity contribution in [1.29, 1.82) is 0 Å². The number of nitrogens with zero attached hydrogens (tertiary/aromatic N) is 8. The van der Waals surface area contributed by atoms with E-state index < -0.39 is 30.0 Å². The molecule has 0 saturated carbocycles. The van der Waals surface area contributed by atoms with Crippen LogP contribution in [0.5, 0.6) is 0 Å². The van der Waals surface area contributed by atoms with Gasteiger partial charge < -0.3 is 39.0 Å². The van der Waals surface area contributed by atoms with Gasteiger partial charge in [-0.2, -0.15) is 0 Å². The summed E-state index contributed by atoms with van der Waals surface area (Å²) in [6, 6.07) is 22.0. The maximum atomic E-state index is 12.0. The topological polar surface area (TPSA) is 220 Å². The number of rotatable bonds is 2. The summed E-state index contributed by atoms with van der Waals surface area (Å²) in [5.41, 5.74) is 2.53. The monoisotopic (exact) mass is 733 g/mol. The molecule has 0 atom stereocenters. The molecule has 17 heteroatoms. The fourth-order valence-electron chi connectivity index (χ4n) is 5.83. The van der Waals surface area contributed by atoms with E-state index in [9.17, 15) is 25.9 Å². The number of hydrogen-bond donors (Lipinski definition) is 0. The standard InChI is InChI=1S/C32H16N8O6S2.Cu/c41-47(42,43)15-9-11-21-23(13-15)32-38-29(21)36-27-18-6-2-1-5-17(18)25(34-27)33-26-19-7-3-4-8-20(19)28(35-26)37-31-24-14-16(48(44,45)46)10-12-22(24)30(39-31)40-32;/h1-14H,(H2-2,33,34,35,36,37,38,39,40,41,42,43,44,45,46);/q-2;+2/p-2. The molecule has 0 fully saturated rings. The van der Waals surface area contributed by atoms with Crippen molar-refractivity contribution in [3.63, 3.8) is 0 Å². The molecule has 243 valence electrons. The van der Waals surface area contributed by atoms with Crippen molar-refractivity contribution in [3.05, 3.63) is 84.9 Å². The third-order valence-electron chi connectivity index (χ3n) is 8.04. The van der Waals surface area contributed by atoms with Crippen molar-refractivity contribution in [1.82, 2.24) is 39.9 Å². The van der Waals surface area contributed by atoms with E-state index in [4.69, 9.17) is 24.9 Å². The minimum atomic E-state index is -4.85. The Kier molecular flexibility index (Phi) is 6.80. The Balaban J connectivity index is 0.00000348. The summed E-state index contributed by atoms with van der Waals surface area (Å²) in [5.74, 6) is 0.663. The van der Waals surface area contributed by atoms with Crippen molar-refractivity contribution in [2.24, 2.45) is 0 Å². The molecule has 0 unspecified atom stereocenters. The van der Waals surface area contributed by atoms with Crippen LogP contribution in [-0.2, 0) is 37.3 Å². The third-order valence-corrected chi connectivity index (χ3v) is 9.70. The Bertz CT molecular complexity index is 2980. The molecule has 0 saturated heterocycles. The molecule has 2 aliphatic rings. The Morgan fingerprint density at radius 1 is 0.429 bits per heavy atom. The molecular weight excluding hydrogens is 720 g/mol. The van der Waals surface area contributed by atoms with E-state index in [1.54, 1.807) is 6.07 Å². The van der Waals surface area contributed by atoms with E-state index in [1.165, 1.54) is 12.1 Å². The first kappa shape index (κ1) is 30.9. The van der Waals surface area contributed by atoms with E-state index >= 15 is 0 Å². The van der Waals surface area contributed by atoms with Gasteiger partial charge in [0.25, 0.3) is 0 Å². The van der Waals surface area contributed by atoms with Gasteiger partial charge >= 0.3 is 17.1 Å². The smallest absolute Gasteiger partial charge is 0.744 e. The van der Waals surface area contributed by atoms with Crippen LogP contribution in [0.25, 0.3) is 89.7 Å². The second-order valence-corrected chi connectivity index (χ2v) is 13.7. The largest absolute Gasteiger partial charge is 2.00 e. The molecule has 0 N–H and O–H groups in total. The van der Waals surface area contributed by atoms with Gasteiger partial charge in [-0.05, 0) is 45.8 Å². The van der Waals surface area contributed by atoms with Crippen molar-refractivity contribution in [3.8, 4) is 45.6 Å². The molecule has 1 radical (unpaired) electrons. The van der Waals surface area contributed by atoms with E-state index in [0.29, 0.717) is 44.3 Å². The Labute approximate surface area is 286 Å². The van der Waals surface area contributed by atoms with Crippen molar-refractivity contribution < 1.29 is 43.0 Å². The maximum absolute atomic E-state index is 12.0. The molecule has 4 aromatic carbocycles. The van der Waals surface area contributed by atoms with Crippen LogP contribution in [0.15, 0.2) is 94.7 Å². The van der Waals surface area contributed by atoms with Gasteiger partial charge in [0.05, 0.1) is 33.1 Å². The van der Waals surface area contributed by atoms with E-state index in [1.807, 2.05) is 42.5 Å². The van der Waals surface area contributed by atoms with Gasteiger partial charge in [0.2, 0.25) is 0 Å². The first-order valence-corrected chi connectivity index (χ1v) is 16.9. The van der Waals surface area contributed by atoms with Gasteiger partial charge in [0, 0.05) is 44.8 Å². The summed E-state index contributed by atoms with van der Waals surface area (Å²) >= 11 is 0. The fourth-order valence-corrected chi connectivity index (χ4v) is 6.82. The molecule has 7 aromatic rings. The van der Waals surface area contributed by atoms with E-state index in [-0.39, 0.29) is 62.4 Å². The summed E-state index contributed by atoms with van der Waals surface area (Å²) in [6.07, 6.45) is 0. The number of aromatic nitrogens is 8. The van der Waals surface area contributed by atoms with Crippen molar-refractivity contribution >= 4 is 64.4 Å². The molecule has 0 aliphatic carbocycles. The zero-order chi connectivity index (χ0) is 32.9. The van der Waals surface area contributed by atoms with Gasteiger partial charge in [0.15, 0.2) is 0 Å². The third kappa shape index (κ3) is 4.99. The van der Waals surface area contributed by atoms with Crippen LogP contribution in [0.1, 0.15) is 0 Å². The Hall–Kier alpha value is -5.42. The average molecular weight is 734 g/mol. The van der Waals surface area contributed by atoms with E-state index in [0.717, 1.165) is 24.3 Å². The molecule has 0 amide bonds. The first-order valence-electron chi connectivity index (χ1n) is 14.1. The summed E-state index contributed by atoms with van der Waals surface area (Å²) in [7, 11) is -9.70. The molecule has 2 aliphatic heterocycles. The molecule has 3 aromatic heterocycles. The minimum absolute atomic E-state index is 0. The van der Waals surface area contributed by atoms with Crippen LogP contribution in [0.4, 0.5) is 0 Å². The van der Waals surface area contributed by atoms with Crippen molar-refractivity contribution in [2.45, 2.75) is 9.79 Å². The molecule has 0 spiro atoms. The van der Waals surface area contributed by atoms with Crippen LogP contribution in [0, 0.1) is 0 Å². The van der Waals surface area contributed by atoms with Gasteiger partial charge in [-0.15, -0.1) is 0 Å². The second kappa shape index (κ2) is 10.8. The molecule has 14 nitrogen and oxygen atoms in total. The van der Waals surface area contributed by atoms with Crippen LogP contribution < -0.4 is 9.97 Å². The maximum Gasteiger partial charge on any atom is 2.00 e. The van der Waals surface area contributed by atoms with Gasteiger partial charge in [0.1, 0.15) is 20.2 Å². The molecule has 49 heavy (non-hydrogen) atoms. The summed E-state index contributed by atoms with van der Waals surface area (Å²) in [5, 5.41) is 1.87. The Morgan fingerprint density at radius 3 is 1.33 bits per heavy atom. The summed E-state index contributed by atoms with van der Waals surface area (Å²) in [6.45, 7) is 0. The minimum Gasteiger partial charge on any atom is -0.744 e. The van der Waals surface area contributed by atoms with E-state index in [2.05, 4.69) is 15.0 Å². The van der Waals surface area contributed by atoms with Gasteiger partial charge in [-0.1, -0.05) is 60.7 Å². The molecular formula is C32H14CuN8O6S2-2. The SMILES string of the molecule is O=S(=O)([O-])c1ccc2c(c1)-c1nc-2nc2[n-]c(nc3nc(nc4[n-]c(n1)c1ccccc41)-c1ccccc1-3)c1ccc(S(=O)(=O)[O-])cc21.[Cu+2]. The quantitative estimate of drug-likeness (QED) is 0.182. The van der Waals surface area contributed by atoms with Crippen LogP contribution in [-0.4, -0.2) is 55.8 Å². The van der Waals surface area contributed by atoms with Gasteiger partial charge in [-0.25, -0.2) is 26.8 Å². The average Bonchev–Trinajstić information content (AvgIpc) is 3.79. The predicted molar refractivity (Wildman–Crippen MR) is 170 cm³/mol.